The molecule has 0 unspecified atom stereocenters. The molecule has 3 amide bonds. The molecule has 120 valence electrons. The maximum Gasteiger partial charge on any atom is 0.410 e. The van der Waals surface area contributed by atoms with Gasteiger partial charge in [-0.1, -0.05) is 0 Å². The molecule has 7 nitrogen and oxygen atoms in total. The lowest BCUT2D eigenvalue weighted by Gasteiger charge is -2.26. The van der Waals surface area contributed by atoms with Gasteiger partial charge in [0, 0.05) is 33.3 Å². The Labute approximate surface area is 125 Å². The highest BCUT2D eigenvalue weighted by atomic mass is 16.6. The number of hydrogen-bond donors (Lipinski definition) is 1. The van der Waals surface area contributed by atoms with Crippen LogP contribution in [0.15, 0.2) is 0 Å². The van der Waals surface area contributed by atoms with E-state index in [1.807, 2.05) is 20.8 Å². The molecule has 2 fully saturated rings. The summed E-state index contributed by atoms with van der Waals surface area (Å²) in [5.41, 5.74) is -0.849. The van der Waals surface area contributed by atoms with Crippen LogP contribution in [-0.4, -0.2) is 73.0 Å². The summed E-state index contributed by atoms with van der Waals surface area (Å²) in [6, 6.07) is -0.0851. The second-order valence-electron chi connectivity index (χ2n) is 6.78. The van der Waals surface area contributed by atoms with Crippen molar-refractivity contribution in [3.63, 3.8) is 0 Å². The number of hydrogen-bond acceptors (Lipinski definition) is 4. The number of carbonyl (C=O) groups is 2. The van der Waals surface area contributed by atoms with Crippen LogP contribution >= 0.6 is 0 Å². The molecule has 21 heavy (non-hydrogen) atoms. The second kappa shape index (κ2) is 5.71. The standard InChI is InChI=1S/C14H25N3O4/c1-13(2,3)21-12(19)17-6-5-14(10-17)9-16(7-8-20-4)11(18)15-14/h5-10H2,1-4H3,(H,15,18)/t14-/m1/s1. The van der Waals surface area contributed by atoms with Gasteiger partial charge in [-0.05, 0) is 27.2 Å². The molecule has 0 aliphatic carbocycles. The zero-order valence-electron chi connectivity index (χ0n) is 13.3. The third-order valence-electron chi connectivity index (χ3n) is 3.72. The largest absolute Gasteiger partial charge is 0.444 e. The Hall–Kier alpha value is -1.50. The Balaban J connectivity index is 1.93. The Morgan fingerprint density at radius 1 is 1.38 bits per heavy atom. The van der Waals surface area contributed by atoms with Gasteiger partial charge in [-0.3, -0.25) is 0 Å². The first-order chi connectivity index (χ1) is 9.75. The smallest absolute Gasteiger partial charge is 0.410 e. The molecule has 2 aliphatic rings. The molecule has 2 aliphatic heterocycles. The van der Waals surface area contributed by atoms with Crippen molar-refractivity contribution in [3.8, 4) is 0 Å². The lowest BCUT2D eigenvalue weighted by molar-refractivity contribution is 0.0282. The van der Waals surface area contributed by atoms with E-state index in [9.17, 15) is 9.59 Å². The van der Waals surface area contributed by atoms with Gasteiger partial charge in [0.1, 0.15) is 5.60 Å². The molecule has 1 spiro atoms. The molecule has 0 aromatic heterocycles. The Kier molecular flexibility index (Phi) is 4.32. The minimum absolute atomic E-state index is 0.0851. The van der Waals surface area contributed by atoms with E-state index in [1.165, 1.54) is 0 Å². The maximum atomic E-state index is 12.1. The molecule has 0 bridgehead atoms. The predicted octanol–water partition coefficient (Wildman–Crippen LogP) is 1.04. The second-order valence-corrected chi connectivity index (χ2v) is 6.78. The van der Waals surface area contributed by atoms with Crippen LogP contribution in [0.3, 0.4) is 0 Å². The van der Waals surface area contributed by atoms with Gasteiger partial charge < -0.3 is 24.6 Å². The van der Waals surface area contributed by atoms with Gasteiger partial charge in [0.25, 0.3) is 0 Å². The molecule has 1 N–H and O–H groups in total. The van der Waals surface area contributed by atoms with E-state index in [-0.39, 0.29) is 17.7 Å². The maximum absolute atomic E-state index is 12.1. The Bertz CT molecular complexity index is 421. The van der Waals surface area contributed by atoms with Crippen molar-refractivity contribution in [2.75, 3.05) is 39.9 Å². The van der Waals surface area contributed by atoms with Gasteiger partial charge in [-0.2, -0.15) is 0 Å². The van der Waals surface area contributed by atoms with Crippen molar-refractivity contribution in [2.24, 2.45) is 0 Å². The summed E-state index contributed by atoms with van der Waals surface area (Å²) >= 11 is 0. The first-order valence-electron chi connectivity index (χ1n) is 7.29. The fourth-order valence-corrected chi connectivity index (χ4v) is 2.75. The summed E-state index contributed by atoms with van der Waals surface area (Å²) in [5, 5.41) is 3.02. The molecular formula is C14H25N3O4. The fourth-order valence-electron chi connectivity index (χ4n) is 2.75. The van der Waals surface area contributed by atoms with Gasteiger partial charge >= 0.3 is 12.1 Å². The molecule has 0 aromatic rings. The van der Waals surface area contributed by atoms with E-state index >= 15 is 0 Å². The van der Waals surface area contributed by atoms with Crippen LogP contribution in [0, 0.1) is 0 Å². The summed E-state index contributed by atoms with van der Waals surface area (Å²) in [6.07, 6.45) is 0.436. The number of likely N-dealkylation sites (tertiary alicyclic amines) is 1. The van der Waals surface area contributed by atoms with E-state index in [0.29, 0.717) is 32.8 Å². The molecule has 0 aromatic carbocycles. The number of methoxy groups -OCH3 is 1. The third kappa shape index (κ3) is 3.78. The predicted molar refractivity (Wildman–Crippen MR) is 77.1 cm³/mol. The molecule has 2 heterocycles. The number of ether oxygens (including phenoxy) is 2. The van der Waals surface area contributed by atoms with Crippen LogP contribution in [0.2, 0.25) is 0 Å². The van der Waals surface area contributed by atoms with E-state index in [4.69, 9.17) is 9.47 Å². The highest BCUT2D eigenvalue weighted by molar-refractivity contribution is 5.78. The summed E-state index contributed by atoms with van der Waals surface area (Å²) in [7, 11) is 1.61. The molecule has 0 saturated carbocycles. The summed E-state index contributed by atoms with van der Waals surface area (Å²) < 4.78 is 10.4. The van der Waals surface area contributed by atoms with Gasteiger partial charge in [0.2, 0.25) is 0 Å². The zero-order chi connectivity index (χ0) is 15.7. The van der Waals surface area contributed by atoms with Crippen LogP contribution in [-0.2, 0) is 9.47 Å². The number of amides is 3. The van der Waals surface area contributed by atoms with Crippen LogP contribution in [0.4, 0.5) is 9.59 Å². The van der Waals surface area contributed by atoms with Gasteiger partial charge in [-0.25, -0.2) is 9.59 Å². The monoisotopic (exact) mass is 299 g/mol. The van der Waals surface area contributed by atoms with Crippen molar-refractivity contribution < 1.29 is 19.1 Å². The van der Waals surface area contributed by atoms with Crippen molar-refractivity contribution in [2.45, 2.75) is 38.3 Å². The van der Waals surface area contributed by atoms with Crippen molar-refractivity contribution >= 4 is 12.1 Å². The first kappa shape index (κ1) is 15.9. The Morgan fingerprint density at radius 3 is 2.71 bits per heavy atom. The summed E-state index contributed by atoms with van der Waals surface area (Å²) in [4.78, 5) is 27.5. The lowest BCUT2D eigenvalue weighted by atomic mass is 10.0. The molecule has 1 atom stereocenters. The van der Waals surface area contributed by atoms with Crippen molar-refractivity contribution in [3.05, 3.63) is 0 Å². The van der Waals surface area contributed by atoms with E-state index in [2.05, 4.69) is 5.32 Å². The van der Waals surface area contributed by atoms with Crippen LogP contribution in [0.1, 0.15) is 27.2 Å². The van der Waals surface area contributed by atoms with Crippen LogP contribution in [0.25, 0.3) is 0 Å². The van der Waals surface area contributed by atoms with Gasteiger partial charge in [-0.15, -0.1) is 0 Å². The number of nitrogens with one attached hydrogen (secondary N) is 1. The number of urea groups is 1. The summed E-state index contributed by atoms with van der Waals surface area (Å²) in [6.45, 7) is 8.33. The van der Waals surface area contributed by atoms with Crippen molar-refractivity contribution in [1.82, 2.24) is 15.1 Å². The van der Waals surface area contributed by atoms with Crippen LogP contribution in [0.5, 0.6) is 0 Å². The lowest BCUT2D eigenvalue weighted by Crippen LogP contribution is -2.47. The Morgan fingerprint density at radius 2 is 2.10 bits per heavy atom. The van der Waals surface area contributed by atoms with Gasteiger partial charge in [0.05, 0.1) is 12.1 Å². The normalized spacial score (nSPS) is 25.6. The van der Waals surface area contributed by atoms with E-state index in [1.54, 1.807) is 16.9 Å². The number of carbonyl (C=O) groups excluding carboxylic acids is 2. The van der Waals surface area contributed by atoms with Crippen LogP contribution < -0.4 is 5.32 Å². The zero-order valence-corrected chi connectivity index (χ0v) is 13.3. The minimum atomic E-state index is -0.504. The SMILES string of the molecule is COCCN1C[C@@]2(CCN(C(=O)OC(C)(C)C)C2)NC1=O. The van der Waals surface area contributed by atoms with E-state index < -0.39 is 5.60 Å². The average Bonchev–Trinajstić information content (AvgIpc) is 2.89. The molecule has 7 heteroatoms. The number of nitrogens with zero attached hydrogens (tertiary/aromatic N) is 2. The molecule has 2 saturated heterocycles. The molecule has 2 rings (SSSR count). The third-order valence-corrected chi connectivity index (χ3v) is 3.72. The minimum Gasteiger partial charge on any atom is -0.444 e. The highest BCUT2D eigenvalue weighted by Gasteiger charge is 2.48. The van der Waals surface area contributed by atoms with E-state index in [0.717, 1.165) is 6.42 Å². The van der Waals surface area contributed by atoms with Gasteiger partial charge in [0.15, 0.2) is 0 Å². The molecule has 0 radical (unpaired) electrons. The first-order valence-corrected chi connectivity index (χ1v) is 7.29. The van der Waals surface area contributed by atoms with Crippen molar-refractivity contribution in [1.29, 1.82) is 0 Å². The number of rotatable bonds is 3. The average molecular weight is 299 g/mol. The fraction of sp³-hybridized carbons (Fsp3) is 0.857. The molecular weight excluding hydrogens is 274 g/mol. The topological polar surface area (TPSA) is 71.1 Å². The summed E-state index contributed by atoms with van der Waals surface area (Å²) in [5.74, 6) is 0. The highest BCUT2D eigenvalue weighted by Crippen LogP contribution is 2.28. The quantitative estimate of drug-likeness (QED) is 0.845.